The molecule has 0 amide bonds. The van der Waals surface area contributed by atoms with Gasteiger partial charge >= 0.3 is 0 Å². The van der Waals surface area contributed by atoms with Crippen LogP contribution in [0.3, 0.4) is 0 Å². The molecule has 1 unspecified atom stereocenters. The lowest BCUT2D eigenvalue weighted by molar-refractivity contribution is -0.00246. The van der Waals surface area contributed by atoms with E-state index < -0.39 is 0 Å². The van der Waals surface area contributed by atoms with Gasteiger partial charge in [-0.05, 0) is 17.2 Å². The van der Waals surface area contributed by atoms with Crippen molar-refractivity contribution >= 4 is 0 Å². The Hall–Kier alpha value is -2.14. The Morgan fingerprint density at radius 2 is 2.05 bits per heavy atom. The molecular formula is C16H21N3O2. The van der Waals surface area contributed by atoms with E-state index >= 15 is 0 Å². The minimum Gasteiger partial charge on any atom is -0.353 e. The molecule has 1 heterocycles. The van der Waals surface area contributed by atoms with E-state index in [2.05, 4.69) is 24.2 Å². The first-order valence-corrected chi connectivity index (χ1v) is 7.13. The van der Waals surface area contributed by atoms with Gasteiger partial charge in [-0.15, -0.1) is 4.91 Å². The molecule has 5 nitrogen and oxygen atoms in total. The molecule has 0 bridgehead atoms. The van der Waals surface area contributed by atoms with Crippen molar-refractivity contribution in [2.45, 2.75) is 25.9 Å². The summed E-state index contributed by atoms with van der Waals surface area (Å²) in [4.78, 5) is 14.2. The predicted molar refractivity (Wildman–Crippen MR) is 82.7 cm³/mol. The fraction of sp³-hybridized carbons (Fsp3) is 0.375. The molecule has 2 rings (SSSR count). The molecule has 0 aromatic heterocycles. The van der Waals surface area contributed by atoms with Crippen LogP contribution in [-0.4, -0.2) is 23.6 Å². The Balaban J connectivity index is 2.01. The van der Waals surface area contributed by atoms with Crippen LogP contribution in [0.25, 0.3) is 0 Å². The van der Waals surface area contributed by atoms with Crippen LogP contribution in [0.4, 0.5) is 0 Å². The van der Waals surface area contributed by atoms with Gasteiger partial charge in [0, 0.05) is 19.4 Å². The topological polar surface area (TPSA) is 45.1 Å². The highest BCUT2D eigenvalue weighted by atomic mass is 16.5. The number of rotatable bonds is 7. The molecule has 0 N–H and O–H groups in total. The highest BCUT2D eigenvalue weighted by molar-refractivity contribution is 5.18. The van der Waals surface area contributed by atoms with Crippen molar-refractivity contribution in [3.05, 3.63) is 65.2 Å². The van der Waals surface area contributed by atoms with E-state index in [0.29, 0.717) is 12.6 Å². The van der Waals surface area contributed by atoms with E-state index in [1.54, 1.807) is 0 Å². The first-order chi connectivity index (χ1) is 10.3. The van der Waals surface area contributed by atoms with Crippen molar-refractivity contribution in [3.63, 3.8) is 0 Å². The highest BCUT2D eigenvalue weighted by Gasteiger charge is 2.19. The second-order valence-corrected chi connectivity index (χ2v) is 4.96. The summed E-state index contributed by atoms with van der Waals surface area (Å²) in [7, 11) is 1.87. The average molecular weight is 287 g/mol. The molecule has 0 fully saturated rings. The monoisotopic (exact) mass is 287 g/mol. The molecule has 5 heteroatoms. The fourth-order valence-corrected chi connectivity index (χ4v) is 2.30. The van der Waals surface area contributed by atoms with Crippen LogP contribution in [0.5, 0.6) is 0 Å². The number of nitrogens with zero attached hydrogens (tertiary/aromatic N) is 3. The number of nitroso groups, excluding NO2 is 1. The number of hydrogen-bond donors (Lipinski definition) is 0. The summed E-state index contributed by atoms with van der Waals surface area (Å²) >= 11 is 0. The highest BCUT2D eigenvalue weighted by Crippen LogP contribution is 2.25. The SMILES string of the molecule is CCCC(OCN1C=CN(C)/C1=C/N=O)c1ccccc1. The maximum Gasteiger partial charge on any atom is 0.136 e. The zero-order valence-electron chi connectivity index (χ0n) is 12.5. The molecule has 1 aromatic rings. The normalized spacial score (nSPS) is 17.5. The van der Waals surface area contributed by atoms with Crippen molar-refractivity contribution in [2.24, 2.45) is 5.18 Å². The van der Waals surface area contributed by atoms with Crippen molar-refractivity contribution in [1.82, 2.24) is 9.80 Å². The van der Waals surface area contributed by atoms with E-state index in [0.717, 1.165) is 12.8 Å². The molecule has 1 aliphatic rings. The van der Waals surface area contributed by atoms with E-state index in [1.807, 2.05) is 47.4 Å². The first-order valence-electron chi connectivity index (χ1n) is 7.13. The molecule has 0 radical (unpaired) electrons. The molecule has 0 aliphatic carbocycles. The van der Waals surface area contributed by atoms with Gasteiger partial charge in [0.2, 0.25) is 0 Å². The number of benzene rings is 1. The average Bonchev–Trinajstić information content (AvgIpc) is 2.86. The number of ether oxygens (including phenoxy) is 1. The lowest BCUT2D eigenvalue weighted by atomic mass is 10.1. The van der Waals surface area contributed by atoms with Crippen LogP contribution in [0.2, 0.25) is 0 Å². The van der Waals surface area contributed by atoms with Crippen molar-refractivity contribution < 1.29 is 4.74 Å². The van der Waals surface area contributed by atoms with E-state index in [9.17, 15) is 4.91 Å². The van der Waals surface area contributed by atoms with Gasteiger partial charge in [0.25, 0.3) is 0 Å². The summed E-state index contributed by atoms with van der Waals surface area (Å²) in [5.74, 6) is 0.716. The van der Waals surface area contributed by atoms with Gasteiger partial charge in [0.15, 0.2) is 0 Å². The van der Waals surface area contributed by atoms with Crippen LogP contribution in [0.1, 0.15) is 31.4 Å². The first kappa shape index (κ1) is 15.3. The van der Waals surface area contributed by atoms with E-state index in [4.69, 9.17) is 4.74 Å². The third-order valence-corrected chi connectivity index (χ3v) is 3.43. The van der Waals surface area contributed by atoms with Crippen LogP contribution >= 0.6 is 0 Å². The third-order valence-electron chi connectivity index (χ3n) is 3.43. The Kier molecular flexibility index (Phi) is 5.51. The minimum absolute atomic E-state index is 0.0564. The second kappa shape index (κ2) is 7.59. The van der Waals surface area contributed by atoms with Crippen molar-refractivity contribution in [3.8, 4) is 0 Å². The Bertz CT molecular complexity index is 514. The Morgan fingerprint density at radius 3 is 2.71 bits per heavy atom. The number of hydrogen-bond acceptors (Lipinski definition) is 5. The standard InChI is InChI=1S/C16H21N3O2/c1-3-7-15(14-8-5-4-6-9-14)21-13-19-11-10-18(2)16(19)12-17-20/h4-6,8-12,15H,3,7,13H2,1-2H3/b16-12-. The molecule has 0 saturated heterocycles. The maximum atomic E-state index is 10.5. The van der Waals surface area contributed by atoms with E-state index in [-0.39, 0.29) is 6.10 Å². The fourth-order valence-electron chi connectivity index (χ4n) is 2.30. The van der Waals surface area contributed by atoms with Crippen LogP contribution in [0, 0.1) is 4.91 Å². The molecule has 0 spiro atoms. The van der Waals surface area contributed by atoms with Crippen LogP contribution < -0.4 is 0 Å². The molecule has 21 heavy (non-hydrogen) atoms. The molecule has 1 aromatic carbocycles. The molecule has 112 valence electrons. The maximum absolute atomic E-state index is 10.5. The van der Waals surface area contributed by atoms with Gasteiger partial charge in [-0.3, -0.25) is 0 Å². The summed E-state index contributed by atoms with van der Waals surface area (Å²) in [6.07, 6.45) is 7.11. The van der Waals surface area contributed by atoms with Gasteiger partial charge in [-0.2, -0.15) is 0 Å². The zero-order chi connectivity index (χ0) is 15.1. The summed E-state index contributed by atoms with van der Waals surface area (Å²) in [6.45, 7) is 2.53. The summed E-state index contributed by atoms with van der Waals surface area (Å²) in [6, 6.07) is 10.2. The van der Waals surface area contributed by atoms with Gasteiger partial charge in [-0.25, -0.2) is 0 Å². The van der Waals surface area contributed by atoms with Gasteiger partial charge in [-0.1, -0.05) is 43.7 Å². The third kappa shape index (κ3) is 3.92. The molecule has 1 atom stereocenters. The lowest BCUT2D eigenvalue weighted by Crippen LogP contribution is -2.24. The minimum atomic E-state index is 0.0564. The smallest absolute Gasteiger partial charge is 0.136 e. The molecular weight excluding hydrogens is 266 g/mol. The van der Waals surface area contributed by atoms with Gasteiger partial charge in [0.05, 0.1) is 6.10 Å². The van der Waals surface area contributed by atoms with Crippen LogP contribution in [0.15, 0.2) is 59.9 Å². The quantitative estimate of drug-likeness (QED) is 0.716. The van der Waals surface area contributed by atoms with E-state index in [1.165, 1.54) is 11.8 Å². The Labute approximate surface area is 125 Å². The van der Waals surface area contributed by atoms with Crippen LogP contribution in [-0.2, 0) is 4.74 Å². The second-order valence-electron chi connectivity index (χ2n) is 4.96. The summed E-state index contributed by atoms with van der Waals surface area (Å²) in [5.41, 5.74) is 1.18. The largest absolute Gasteiger partial charge is 0.353 e. The lowest BCUT2D eigenvalue weighted by Gasteiger charge is -2.24. The predicted octanol–water partition coefficient (Wildman–Crippen LogP) is 3.79. The van der Waals surface area contributed by atoms with Gasteiger partial charge < -0.3 is 14.5 Å². The Morgan fingerprint density at radius 1 is 1.29 bits per heavy atom. The summed E-state index contributed by atoms with van der Waals surface area (Å²) < 4.78 is 6.04. The zero-order valence-corrected chi connectivity index (χ0v) is 12.5. The van der Waals surface area contributed by atoms with Crippen molar-refractivity contribution in [2.75, 3.05) is 13.8 Å². The molecule has 1 aliphatic heterocycles. The molecule has 0 saturated carbocycles. The summed E-state index contributed by atoms with van der Waals surface area (Å²) in [5, 5.41) is 2.85. The van der Waals surface area contributed by atoms with Crippen molar-refractivity contribution in [1.29, 1.82) is 0 Å². The van der Waals surface area contributed by atoms with Gasteiger partial charge in [0.1, 0.15) is 18.8 Å².